The van der Waals surface area contributed by atoms with Crippen LogP contribution in [0.5, 0.6) is 0 Å². The first-order chi connectivity index (χ1) is 6.90. The highest BCUT2D eigenvalue weighted by Gasteiger charge is 2.07. The first-order valence-corrected chi connectivity index (χ1v) is 5.03. The van der Waals surface area contributed by atoms with Gasteiger partial charge in [-0.25, -0.2) is 9.97 Å². The Kier molecular flexibility index (Phi) is 2.73. The molecule has 1 aliphatic heterocycles. The highest BCUT2D eigenvalue weighted by Crippen LogP contribution is 2.16. The predicted molar refractivity (Wildman–Crippen MR) is 56.1 cm³/mol. The molecule has 2 rings (SSSR count). The van der Waals surface area contributed by atoms with Gasteiger partial charge in [0.1, 0.15) is 5.82 Å². The lowest BCUT2D eigenvalue weighted by Crippen LogP contribution is -1.85. The summed E-state index contributed by atoms with van der Waals surface area (Å²) in [6.07, 6.45) is 3.31. The third kappa shape index (κ3) is 1.90. The summed E-state index contributed by atoms with van der Waals surface area (Å²) in [6, 6.07) is 10.9. The van der Waals surface area contributed by atoms with E-state index in [1.165, 1.54) is 6.42 Å². The maximum Gasteiger partial charge on any atom is 0.129 e. The average molecular weight is 185 g/mol. The fourth-order valence-electron chi connectivity index (χ4n) is 1.40. The van der Waals surface area contributed by atoms with Crippen LogP contribution in [0.25, 0.3) is 11.4 Å². The third-order valence-corrected chi connectivity index (χ3v) is 2.17. The highest BCUT2D eigenvalue weighted by molar-refractivity contribution is 5.54. The van der Waals surface area contributed by atoms with Crippen LogP contribution in [0.3, 0.4) is 0 Å². The Bertz CT molecular complexity index is 353. The SMILES string of the molecule is CCCCc1nc2[c]ccccc-2n1. The molecule has 0 aromatic carbocycles. The summed E-state index contributed by atoms with van der Waals surface area (Å²) in [5, 5.41) is 0. The van der Waals surface area contributed by atoms with Gasteiger partial charge in [-0.2, -0.15) is 0 Å². The third-order valence-electron chi connectivity index (χ3n) is 2.17. The van der Waals surface area contributed by atoms with Crippen LogP contribution in [0, 0.1) is 6.07 Å². The van der Waals surface area contributed by atoms with Crippen LogP contribution in [-0.2, 0) is 6.42 Å². The Morgan fingerprint density at radius 2 is 2.21 bits per heavy atom. The van der Waals surface area contributed by atoms with Crippen molar-refractivity contribution in [1.29, 1.82) is 0 Å². The molecule has 0 unspecified atom stereocenters. The Hall–Kier alpha value is -1.44. The van der Waals surface area contributed by atoms with Gasteiger partial charge in [-0.05, 0) is 12.5 Å². The van der Waals surface area contributed by atoms with E-state index < -0.39 is 0 Å². The summed E-state index contributed by atoms with van der Waals surface area (Å²) >= 11 is 0. The van der Waals surface area contributed by atoms with E-state index in [9.17, 15) is 0 Å². The standard InChI is InChI=1S/C12H13N2/c1-2-3-9-12-13-10-7-5-4-6-8-11(10)14-12/h4-7H,2-3,9H2,1H3. The fourth-order valence-corrected chi connectivity index (χ4v) is 1.40. The normalized spacial score (nSPS) is 10.6. The van der Waals surface area contributed by atoms with Gasteiger partial charge in [-0.15, -0.1) is 0 Å². The van der Waals surface area contributed by atoms with E-state index in [0.717, 1.165) is 30.1 Å². The molecule has 0 saturated carbocycles. The monoisotopic (exact) mass is 185 g/mol. The molecule has 1 aliphatic carbocycles. The molecule has 0 N–H and O–H groups in total. The minimum absolute atomic E-state index is 0.876. The molecular weight excluding hydrogens is 172 g/mol. The number of aryl methyl sites for hydroxylation is 1. The molecule has 14 heavy (non-hydrogen) atoms. The summed E-state index contributed by atoms with van der Waals surface area (Å²) in [5.74, 6) is 0.948. The maximum absolute atomic E-state index is 4.45. The largest absolute Gasteiger partial charge is 0.231 e. The second-order valence-electron chi connectivity index (χ2n) is 3.34. The van der Waals surface area contributed by atoms with Crippen molar-refractivity contribution in [3.63, 3.8) is 0 Å². The molecule has 2 aliphatic rings. The van der Waals surface area contributed by atoms with E-state index in [4.69, 9.17) is 0 Å². The number of aromatic nitrogens is 2. The van der Waals surface area contributed by atoms with Crippen molar-refractivity contribution in [3.8, 4) is 11.4 Å². The smallest absolute Gasteiger partial charge is 0.129 e. The van der Waals surface area contributed by atoms with E-state index in [-0.39, 0.29) is 0 Å². The average Bonchev–Trinajstić information content (AvgIpc) is 2.46. The van der Waals surface area contributed by atoms with Crippen LogP contribution in [0.2, 0.25) is 0 Å². The van der Waals surface area contributed by atoms with Crippen molar-refractivity contribution in [2.24, 2.45) is 0 Å². The summed E-state index contributed by atoms with van der Waals surface area (Å²) in [4.78, 5) is 8.87. The lowest BCUT2D eigenvalue weighted by Gasteiger charge is -1.89. The van der Waals surface area contributed by atoms with Gasteiger partial charge in [-0.1, -0.05) is 31.5 Å². The number of hydrogen-bond acceptors (Lipinski definition) is 2. The first-order valence-electron chi connectivity index (χ1n) is 5.03. The Morgan fingerprint density at radius 3 is 3.07 bits per heavy atom. The van der Waals surface area contributed by atoms with E-state index >= 15 is 0 Å². The van der Waals surface area contributed by atoms with Crippen LogP contribution in [0.15, 0.2) is 24.3 Å². The van der Waals surface area contributed by atoms with Gasteiger partial charge in [0.05, 0.1) is 11.4 Å². The highest BCUT2D eigenvalue weighted by atomic mass is 14.9. The van der Waals surface area contributed by atoms with Crippen LogP contribution >= 0.6 is 0 Å². The molecule has 0 saturated heterocycles. The number of unbranched alkanes of at least 4 members (excludes halogenated alkanes) is 1. The van der Waals surface area contributed by atoms with Crippen molar-refractivity contribution in [2.45, 2.75) is 26.2 Å². The molecule has 0 aromatic rings. The van der Waals surface area contributed by atoms with Gasteiger partial charge in [0, 0.05) is 12.5 Å². The van der Waals surface area contributed by atoms with Crippen molar-refractivity contribution in [3.05, 3.63) is 36.2 Å². The Labute approximate surface area is 84.4 Å². The summed E-state index contributed by atoms with van der Waals surface area (Å²) < 4.78 is 0. The van der Waals surface area contributed by atoms with Gasteiger partial charge in [0.25, 0.3) is 0 Å². The van der Waals surface area contributed by atoms with Crippen LogP contribution in [0.4, 0.5) is 0 Å². The van der Waals surface area contributed by atoms with E-state index in [0.29, 0.717) is 0 Å². The number of hydrogen-bond donors (Lipinski definition) is 0. The summed E-state index contributed by atoms with van der Waals surface area (Å²) in [5.41, 5.74) is 1.82. The minimum atomic E-state index is 0.876. The topological polar surface area (TPSA) is 25.8 Å². The molecule has 0 fully saturated rings. The number of fused-ring (bicyclic) bond motifs is 1. The molecule has 2 nitrogen and oxygen atoms in total. The van der Waals surface area contributed by atoms with Gasteiger partial charge < -0.3 is 0 Å². The number of imidazole rings is 1. The van der Waals surface area contributed by atoms with Crippen molar-refractivity contribution >= 4 is 0 Å². The molecule has 0 spiro atoms. The van der Waals surface area contributed by atoms with Crippen molar-refractivity contribution in [1.82, 2.24) is 9.97 Å². The van der Waals surface area contributed by atoms with Gasteiger partial charge in [0.2, 0.25) is 0 Å². The van der Waals surface area contributed by atoms with Crippen molar-refractivity contribution in [2.75, 3.05) is 0 Å². The minimum Gasteiger partial charge on any atom is -0.231 e. The molecule has 0 amide bonds. The summed E-state index contributed by atoms with van der Waals surface area (Å²) in [6.45, 7) is 2.18. The zero-order valence-corrected chi connectivity index (χ0v) is 8.33. The molecule has 2 heteroatoms. The van der Waals surface area contributed by atoms with E-state index in [2.05, 4.69) is 23.0 Å². The van der Waals surface area contributed by atoms with E-state index in [1.807, 2.05) is 24.3 Å². The molecule has 1 radical (unpaired) electrons. The molecule has 1 heterocycles. The second-order valence-corrected chi connectivity index (χ2v) is 3.34. The Balaban J connectivity index is 2.29. The molecule has 0 aromatic heterocycles. The fraction of sp³-hybridized carbons (Fsp3) is 0.333. The number of rotatable bonds is 3. The van der Waals surface area contributed by atoms with Crippen LogP contribution < -0.4 is 0 Å². The molecule has 71 valence electrons. The first kappa shape index (κ1) is 9.13. The predicted octanol–water partition coefficient (Wildman–Crippen LogP) is 2.72. The molecular formula is C12H13N2. The Morgan fingerprint density at radius 1 is 1.29 bits per heavy atom. The lowest BCUT2D eigenvalue weighted by atomic mass is 10.2. The van der Waals surface area contributed by atoms with Gasteiger partial charge in [0.15, 0.2) is 0 Å². The zero-order chi connectivity index (χ0) is 9.80. The quantitative estimate of drug-likeness (QED) is 0.734. The van der Waals surface area contributed by atoms with Gasteiger partial charge >= 0.3 is 0 Å². The van der Waals surface area contributed by atoms with Crippen LogP contribution in [-0.4, -0.2) is 9.97 Å². The summed E-state index contributed by atoms with van der Waals surface area (Å²) in [7, 11) is 0. The lowest BCUT2D eigenvalue weighted by molar-refractivity contribution is 0.764. The van der Waals surface area contributed by atoms with Crippen molar-refractivity contribution < 1.29 is 0 Å². The van der Waals surface area contributed by atoms with Crippen LogP contribution in [0.1, 0.15) is 25.6 Å². The number of nitrogens with zero attached hydrogens (tertiary/aromatic N) is 2. The van der Waals surface area contributed by atoms with Gasteiger partial charge in [-0.3, -0.25) is 0 Å². The van der Waals surface area contributed by atoms with E-state index in [1.54, 1.807) is 0 Å². The zero-order valence-electron chi connectivity index (χ0n) is 8.33. The maximum atomic E-state index is 4.45. The second kappa shape index (κ2) is 4.18. The molecule has 0 atom stereocenters. The molecule has 0 bridgehead atoms.